The SMILES string of the molecule is O=C(N[C@H]1CCc2ccccc21)N(CCCO)Cc1ccncc1. The van der Waals surface area contributed by atoms with E-state index >= 15 is 0 Å². The average Bonchev–Trinajstić information content (AvgIpc) is 3.02. The molecule has 0 saturated heterocycles. The lowest BCUT2D eigenvalue weighted by Crippen LogP contribution is -2.41. The Labute approximate surface area is 142 Å². The summed E-state index contributed by atoms with van der Waals surface area (Å²) in [6.07, 6.45) is 5.96. The zero-order valence-corrected chi connectivity index (χ0v) is 13.7. The van der Waals surface area contributed by atoms with Gasteiger partial charge in [-0.25, -0.2) is 4.79 Å². The van der Waals surface area contributed by atoms with Gasteiger partial charge >= 0.3 is 6.03 Å². The molecule has 1 aliphatic rings. The second-order valence-corrected chi connectivity index (χ2v) is 6.09. The van der Waals surface area contributed by atoms with Crippen LogP contribution in [0.3, 0.4) is 0 Å². The first-order chi connectivity index (χ1) is 11.8. The van der Waals surface area contributed by atoms with E-state index in [1.165, 1.54) is 11.1 Å². The Morgan fingerprint density at radius 2 is 2.04 bits per heavy atom. The van der Waals surface area contributed by atoms with Crippen LogP contribution in [0.15, 0.2) is 48.8 Å². The summed E-state index contributed by atoms with van der Waals surface area (Å²) < 4.78 is 0. The van der Waals surface area contributed by atoms with Crippen LogP contribution in [-0.4, -0.2) is 34.2 Å². The van der Waals surface area contributed by atoms with Gasteiger partial charge in [-0.15, -0.1) is 0 Å². The number of carbonyl (C=O) groups excluding carboxylic acids is 1. The number of aromatic nitrogens is 1. The number of hydrogen-bond acceptors (Lipinski definition) is 3. The Hall–Kier alpha value is -2.40. The van der Waals surface area contributed by atoms with Crippen molar-refractivity contribution in [2.24, 2.45) is 0 Å². The van der Waals surface area contributed by atoms with Gasteiger partial charge in [-0.1, -0.05) is 24.3 Å². The molecule has 1 aromatic heterocycles. The van der Waals surface area contributed by atoms with Gasteiger partial charge in [-0.05, 0) is 48.1 Å². The molecule has 0 unspecified atom stereocenters. The van der Waals surface area contributed by atoms with Crippen LogP contribution in [-0.2, 0) is 13.0 Å². The Kier molecular flexibility index (Phi) is 5.43. The number of fused-ring (bicyclic) bond motifs is 1. The van der Waals surface area contributed by atoms with Crippen LogP contribution in [0.5, 0.6) is 0 Å². The second kappa shape index (κ2) is 7.93. The molecule has 1 atom stereocenters. The molecule has 2 N–H and O–H groups in total. The molecule has 2 amide bonds. The number of aliphatic hydroxyl groups excluding tert-OH is 1. The summed E-state index contributed by atoms with van der Waals surface area (Å²) in [4.78, 5) is 18.5. The van der Waals surface area contributed by atoms with Crippen molar-refractivity contribution < 1.29 is 9.90 Å². The molecule has 0 fully saturated rings. The van der Waals surface area contributed by atoms with E-state index in [0.717, 1.165) is 18.4 Å². The molecular weight excluding hydrogens is 302 g/mol. The van der Waals surface area contributed by atoms with E-state index in [1.807, 2.05) is 24.3 Å². The van der Waals surface area contributed by atoms with E-state index in [1.54, 1.807) is 17.3 Å². The molecule has 24 heavy (non-hydrogen) atoms. The normalized spacial score (nSPS) is 15.8. The molecule has 0 radical (unpaired) electrons. The molecule has 5 heteroatoms. The number of carbonyl (C=O) groups is 1. The van der Waals surface area contributed by atoms with Gasteiger partial charge in [0, 0.05) is 32.1 Å². The van der Waals surface area contributed by atoms with Crippen molar-refractivity contribution in [3.05, 3.63) is 65.5 Å². The van der Waals surface area contributed by atoms with Crippen molar-refractivity contribution in [1.82, 2.24) is 15.2 Å². The van der Waals surface area contributed by atoms with Gasteiger partial charge < -0.3 is 15.3 Å². The van der Waals surface area contributed by atoms with Crippen LogP contribution in [0.1, 0.15) is 35.6 Å². The zero-order chi connectivity index (χ0) is 16.8. The Morgan fingerprint density at radius 1 is 1.25 bits per heavy atom. The van der Waals surface area contributed by atoms with E-state index in [9.17, 15) is 4.79 Å². The molecule has 126 valence electrons. The first-order valence-corrected chi connectivity index (χ1v) is 8.41. The third kappa shape index (κ3) is 3.92. The summed E-state index contributed by atoms with van der Waals surface area (Å²) >= 11 is 0. The van der Waals surface area contributed by atoms with Crippen molar-refractivity contribution in [1.29, 1.82) is 0 Å². The molecule has 0 bridgehead atoms. The fourth-order valence-electron chi connectivity index (χ4n) is 3.17. The van der Waals surface area contributed by atoms with Crippen molar-refractivity contribution in [2.45, 2.75) is 31.8 Å². The highest BCUT2D eigenvalue weighted by molar-refractivity contribution is 5.75. The summed E-state index contributed by atoms with van der Waals surface area (Å²) in [6, 6.07) is 12.1. The van der Waals surface area contributed by atoms with Crippen LogP contribution < -0.4 is 5.32 Å². The van der Waals surface area contributed by atoms with Crippen LogP contribution in [0.4, 0.5) is 4.79 Å². The number of aliphatic hydroxyl groups is 1. The Bertz CT molecular complexity index is 675. The van der Waals surface area contributed by atoms with Crippen molar-refractivity contribution in [3.63, 3.8) is 0 Å². The fourth-order valence-corrected chi connectivity index (χ4v) is 3.17. The zero-order valence-electron chi connectivity index (χ0n) is 13.7. The topological polar surface area (TPSA) is 65.5 Å². The second-order valence-electron chi connectivity index (χ2n) is 6.09. The van der Waals surface area contributed by atoms with Crippen molar-refractivity contribution in [2.75, 3.05) is 13.2 Å². The minimum Gasteiger partial charge on any atom is -0.396 e. The van der Waals surface area contributed by atoms with Crippen molar-refractivity contribution >= 4 is 6.03 Å². The number of aryl methyl sites for hydroxylation is 1. The van der Waals surface area contributed by atoms with Gasteiger partial charge in [0.2, 0.25) is 0 Å². The van der Waals surface area contributed by atoms with E-state index < -0.39 is 0 Å². The molecule has 1 aliphatic carbocycles. The van der Waals surface area contributed by atoms with Gasteiger partial charge in [0.1, 0.15) is 0 Å². The molecule has 1 heterocycles. The number of nitrogens with one attached hydrogen (secondary N) is 1. The maximum Gasteiger partial charge on any atom is 0.318 e. The van der Waals surface area contributed by atoms with Crippen molar-refractivity contribution in [3.8, 4) is 0 Å². The van der Waals surface area contributed by atoms with Gasteiger partial charge in [-0.2, -0.15) is 0 Å². The third-order valence-corrected chi connectivity index (χ3v) is 4.43. The van der Waals surface area contributed by atoms with Crippen LogP contribution in [0.25, 0.3) is 0 Å². The largest absolute Gasteiger partial charge is 0.396 e. The first kappa shape index (κ1) is 16.5. The number of benzene rings is 1. The maximum absolute atomic E-state index is 12.7. The highest BCUT2D eigenvalue weighted by Gasteiger charge is 2.25. The number of urea groups is 1. The molecule has 2 aromatic rings. The van der Waals surface area contributed by atoms with E-state index in [0.29, 0.717) is 19.5 Å². The lowest BCUT2D eigenvalue weighted by molar-refractivity contribution is 0.183. The Balaban J connectivity index is 1.67. The van der Waals surface area contributed by atoms with E-state index in [4.69, 9.17) is 5.11 Å². The number of rotatable bonds is 6. The van der Waals surface area contributed by atoms with Gasteiger partial charge in [0.15, 0.2) is 0 Å². The maximum atomic E-state index is 12.7. The minimum atomic E-state index is -0.0815. The summed E-state index contributed by atoms with van der Waals surface area (Å²) in [7, 11) is 0. The molecule has 0 saturated carbocycles. The first-order valence-electron chi connectivity index (χ1n) is 8.41. The monoisotopic (exact) mass is 325 g/mol. The number of hydrogen-bond donors (Lipinski definition) is 2. The van der Waals surface area contributed by atoms with Gasteiger partial charge in [-0.3, -0.25) is 4.98 Å². The molecular formula is C19H23N3O2. The minimum absolute atomic E-state index is 0.0720. The number of pyridine rings is 1. The summed E-state index contributed by atoms with van der Waals surface area (Å²) in [5.74, 6) is 0. The molecule has 3 rings (SSSR count). The fraction of sp³-hybridized carbons (Fsp3) is 0.368. The molecule has 5 nitrogen and oxygen atoms in total. The average molecular weight is 325 g/mol. The predicted octanol–water partition coefficient (Wildman–Crippen LogP) is 2.66. The molecule has 0 aliphatic heterocycles. The van der Waals surface area contributed by atoms with Gasteiger partial charge in [0.05, 0.1) is 6.04 Å². The number of nitrogens with zero attached hydrogens (tertiary/aromatic N) is 2. The summed E-state index contributed by atoms with van der Waals surface area (Å²) in [6.45, 7) is 1.12. The number of amides is 2. The quantitative estimate of drug-likeness (QED) is 0.858. The van der Waals surface area contributed by atoms with Gasteiger partial charge in [0.25, 0.3) is 0 Å². The smallest absolute Gasteiger partial charge is 0.318 e. The summed E-state index contributed by atoms with van der Waals surface area (Å²) in [5, 5.41) is 12.3. The van der Waals surface area contributed by atoms with E-state index in [-0.39, 0.29) is 18.7 Å². The predicted molar refractivity (Wildman–Crippen MR) is 92.4 cm³/mol. The highest BCUT2D eigenvalue weighted by Crippen LogP contribution is 2.30. The van der Waals surface area contributed by atoms with Crippen LogP contribution in [0, 0.1) is 0 Å². The van der Waals surface area contributed by atoms with Crippen LogP contribution >= 0.6 is 0 Å². The lowest BCUT2D eigenvalue weighted by Gasteiger charge is -2.25. The lowest BCUT2D eigenvalue weighted by atomic mass is 10.1. The highest BCUT2D eigenvalue weighted by atomic mass is 16.3. The summed E-state index contributed by atoms with van der Waals surface area (Å²) in [5.41, 5.74) is 3.57. The molecule has 1 aromatic carbocycles. The standard InChI is InChI=1S/C19H23N3O2/c23-13-3-12-22(14-15-8-10-20-11-9-15)19(24)21-18-7-6-16-4-1-2-5-17(16)18/h1-2,4-5,8-11,18,23H,3,6-7,12-14H2,(H,21,24)/t18-/m0/s1. The molecule has 0 spiro atoms. The van der Waals surface area contributed by atoms with E-state index in [2.05, 4.69) is 22.4 Å². The Morgan fingerprint density at radius 3 is 2.83 bits per heavy atom. The van der Waals surface area contributed by atoms with Crippen LogP contribution in [0.2, 0.25) is 0 Å². The third-order valence-electron chi connectivity index (χ3n) is 4.43.